The van der Waals surface area contributed by atoms with Crippen LogP contribution in [-0.4, -0.2) is 52.6 Å². The first-order chi connectivity index (χ1) is 8.87. The molecule has 2 heterocycles. The number of aromatic nitrogens is 2. The number of ether oxygens (including phenoxy) is 1. The van der Waals surface area contributed by atoms with Crippen molar-refractivity contribution in [2.75, 3.05) is 31.1 Å². The van der Waals surface area contributed by atoms with E-state index in [9.17, 15) is 4.79 Å². The summed E-state index contributed by atoms with van der Waals surface area (Å²) in [6.07, 6.45) is 1.56. The number of carbonyl (C=O) groups is 1. The van der Waals surface area contributed by atoms with E-state index in [0.717, 1.165) is 18.9 Å². The second-order valence-electron chi connectivity index (χ2n) is 5.77. The minimum absolute atomic E-state index is 0.225. The van der Waals surface area contributed by atoms with Crippen molar-refractivity contribution < 1.29 is 9.53 Å². The van der Waals surface area contributed by atoms with Gasteiger partial charge in [-0.05, 0) is 20.8 Å². The molecule has 2 rings (SSSR count). The van der Waals surface area contributed by atoms with Crippen LogP contribution in [0.2, 0.25) is 0 Å². The lowest BCUT2D eigenvalue weighted by molar-refractivity contribution is 0.0240. The molecular formula is C13H22N4O2. The van der Waals surface area contributed by atoms with Crippen molar-refractivity contribution in [3.63, 3.8) is 0 Å². The van der Waals surface area contributed by atoms with Gasteiger partial charge in [0.2, 0.25) is 0 Å². The number of hydrogen-bond donors (Lipinski definition) is 0. The molecule has 0 bridgehead atoms. The highest BCUT2D eigenvalue weighted by Crippen LogP contribution is 2.16. The topological polar surface area (TPSA) is 50.6 Å². The van der Waals surface area contributed by atoms with Gasteiger partial charge in [0, 0.05) is 39.3 Å². The number of carbonyl (C=O) groups excluding carboxylic acids is 1. The van der Waals surface area contributed by atoms with E-state index >= 15 is 0 Å². The van der Waals surface area contributed by atoms with E-state index in [0.29, 0.717) is 13.1 Å². The Balaban J connectivity index is 1.89. The van der Waals surface area contributed by atoms with Crippen molar-refractivity contribution in [3.05, 3.63) is 12.3 Å². The van der Waals surface area contributed by atoms with Crippen LogP contribution in [0, 0.1) is 0 Å². The van der Waals surface area contributed by atoms with Crippen LogP contribution in [0.15, 0.2) is 12.3 Å². The van der Waals surface area contributed by atoms with Crippen LogP contribution >= 0.6 is 0 Å². The number of hydrogen-bond acceptors (Lipinski definition) is 4. The molecule has 1 amide bonds. The van der Waals surface area contributed by atoms with E-state index in [1.165, 1.54) is 0 Å². The van der Waals surface area contributed by atoms with Crippen LogP contribution in [0.3, 0.4) is 0 Å². The van der Waals surface area contributed by atoms with Crippen LogP contribution in [0.1, 0.15) is 20.8 Å². The highest BCUT2D eigenvalue weighted by atomic mass is 16.6. The molecule has 19 heavy (non-hydrogen) atoms. The molecule has 1 aromatic heterocycles. The molecule has 0 saturated carbocycles. The van der Waals surface area contributed by atoms with Gasteiger partial charge >= 0.3 is 6.09 Å². The average Bonchev–Trinajstić information content (AvgIpc) is 2.73. The molecule has 1 fully saturated rings. The van der Waals surface area contributed by atoms with Gasteiger partial charge in [-0.2, -0.15) is 5.10 Å². The Kier molecular flexibility index (Phi) is 3.68. The summed E-state index contributed by atoms with van der Waals surface area (Å²) in [5, 5.41) is 4.16. The molecule has 6 nitrogen and oxygen atoms in total. The van der Waals surface area contributed by atoms with Crippen LogP contribution in [-0.2, 0) is 11.8 Å². The molecule has 1 aliphatic heterocycles. The Hall–Kier alpha value is -1.72. The number of anilines is 1. The molecule has 0 atom stereocenters. The summed E-state index contributed by atoms with van der Waals surface area (Å²) in [6, 6.07) is 1.99. The predicted octanol–water partition coefficient (Wildman–Crippen LogP) is 1.48. The Morgan fingerprint density at radius 2 is 1.89 bits per heavy atom. The Morgan fingerprint density at radius 1 is 1.26 bits per heavy atom. The van der Waals surface area contributed by atoms with E-state index in [4.69, 9.17) is 4.74 Å². The zero-order valence-electron chi connectivity index (χ0n) is 12.1. The average molecular weight is 266 g/mol. The predicted molar refractivity (Wildman–Crippen MR) is 73.2 cm³/mol. The highest BCUT2D eigenvalue weighted by molar-refractivity contribution is 5.68. The normalized spacial score (nSPS) is 16.6. The molecule has 1 aliphatic rings. The summed E-state index contributed by atoms with van der Waals surface area (Å²) in [7, 11) is 1.93. The van der Waals surface area contributed by atoms with Gasteiger partial charge in [-0.25, -0.2) is 4.79 Å². The molecule has 0 N–H and O–H groups in total. The first-order valence-corrected chi connectivity index (χ1v) is 6.58. The number of piperazine rings is 1. The van der Waals surface area contributed by atoms with Crippen LogP contribution in [0.5, 0.6) is 0 Å². The molecule has 0 radical (unpaired) electrons. The second-order valence-corrected chi connectivity index (χ2v) is 5.77. The van der Waals surface area contributed by atoms with Gasteiger partial charge in [0.15, 0.2) is 0 Å². The van der Waals surface area contributed by atoms with Crippen molar-refractivity contribution in [1.82, 2.24) is 14.7 Å². The van der Waals surface area contributed by atoms with Crippen molar-refractivity contribution in [2.24, 2.45) is 7.05 Å². The zero-order valence-corrected chi connectivity index (χ0v) is 12.1. The summed E-state index contributed by atoms with van der Waals surface area (Å²) < 4.78 is 7.23. The summed E-state index contributed by atoms with van der Waals surface area (Å²) >= 11 is 0. The number of amides is 1. The van der Waals surface area contributed by atoms with E-state index < -0.39 is 5.60 Å². The molecule has 0 spiro atoms. The third-order valence-electron chi connectivity index (χ3n) is 3.05. The Labute approximate surface area is 113 Å². The number of aryl methyl sites for hydroxylation is 1. The van der Waals surface area contributed by atoms with Gasteiger partial charge in [0.1, 0.15) is 11.4 Å². The minimum atomic E-state index is -0.434. The standard InChI is InChI=1S/C13H22N4O2/c1-13(2,3)19-12(18)17-9-7-16(8-10-17)11-5-6-14-15(11)4/h5-6H,7-10H2,1-4H3. The summed E-state index contributed by atoms with van der Waals surface area (Å²) in [5.41, 5.74) is -0.434. The van der Waals surface area contributed by atoms with Gasteiger partial charge in [-0.15, -0.1) is 0 Å². The maximum atomic E-state index is 11.9. The third kappa shape index (κ3) is 3.39. The van der Waals surface area contributed by atoms with Crippen molar-refractivity contribution in [2.45, 2.75) is 26.4 Å². The van der Waals surface area contributed by atoms with Gasteiger partial charge in [0.25, 0.3) is 0 Å². The number of nitrogens with zero attached hydrogens (tertiary/aromatic N) is 4. The molecular weight excluding hydrogens is 244 g/mol. The maximum Gasteiger partial charge on any atom is 0.410 e. The fourth-order valence-electron chi connectivity index (χ4n) is 2.12. The Bertz CT molecular complexity index is 442. The highest BCUT2D eigenvalue weighted by Gasteiger charge is 2.26. The molecule has 0 aliphatic carbocycles. The van der Waals surface area contributed by atoms with Gasteiger partial charge in [-0.3, -0.25) is 4.68 Å². The molecule has 1 saturated heterocycles. The zero-order chi connectivity index (χ0) is 14.0. The summed E-state index contributed by atoms with van der Waals surface area (Å²) in [4.78, 5) is 15.9. The van der Waals surface area contributed by atoms with Crippen molar-refractivity contribution in [3.8, 4) is 0 Å². The fraction of sp³-hybridized carbons (Fsp3) is 0.692. The van der Waals surface area contributed by atoms with E-state index in [1.807, 2.05) is 38.6 Å². The Morgan fingerprint density at radius 3 is 2.37 bits per heavy atom. The SMILES string of the molecule is Cn1nccc1N1CCN(C(=O)OC(C)(C)C)CC1. The lowest BCUT2D eigenvalue weighted by Gasteiger charge is -2.36. The fourth-order valence-corrected chi connectivity index (χ4v) is 2.12. The number of rotatable bonds is 1. The van der Waals surface area contributed by atoms with Gasteiger partial charge in [-0.1, -0.05) is 0 Å². The second kappa shape index (κ2) is 5.11. The quantitative estimate of drug-likeness (QED) is 0.772. The molecule has 6 heteroatoms. The molecule has 1 aromatic rings. The lowest BCUT2D eigenvalue weighted by Crippen LogP contribution is -2.50. The van der Waals surface area contributed by atoms with Crippen molar-refractivity contribution >= 4 is 11.9 Å². The first kappa shape index (κ1) is 13.7. The van der Waals surface area contributed by atoms with E-state index in [1.54, 1.807) is 11.1 Å². The largest absolute Gasteiger partial charge is 0.444 e. The lowest BCUT2D eigenvalue weighted by atomic mass is 10.2. The molecule has 106 valence electrons. The molecule has 0 unspecified atom stereocenters. The van der Waals surface area contributed by atoms with Crippen LogP contribution in [0.25, 0.3) is 0 Å². The van der Waals surface area contributed by atoms with E-state index in [2.05, 4.69) is 10.00 Å². The third-order valence-corrected chi connectivity index (χ3v) is 3.05. The van der Waals surface area contributed by atoms with E-state index in [-0.39, 0.29) is 6.09 Å². The molecule has 0 aromatic carbocycles. The summed E-state index contributed by atoms with van der Waals surface area (Å²) in [5.74, 6) is 1.09. The minimum Gasteiger partial charge on any atom is -0.444 e. The van der Waals surface area contributed by atoms with Crippen molar-refractivity contribution in [1.29, 1.82) is 0 Å². The monoisotopic (exact) mass is 266 g/mol. The smallest absolute Gasteiger partial charge is 0.410 e. The van der Waals surface area contributed by atoms with Gasteiger partial charge in [0.05, 0.1) is 6.20 Å². The first-order valence-electron chi connectivity index (χ1n) is 6.58. The van der Waals surface area contributed by atoms with Crippen LogP contribution < -0.4 is 4.90 Å². The maximum absolute atomic E-state index is 11.9. The van der Waals surface area contributed by atoms with Crippen LogP contribution in [0.4, 0.5) is 10.6 Å². The van der Waals surface area contributed by atoms with Gasteiger partial charge < -0.3 is 14.5 Å². The summed E-state index contributed by atoms with van der Waals surface area (Å²) in [6.45, 7) is 8.63.